The van der Waals surface area contributed by atoms with Gasteiger partial charge in [0.05, 0.1) is 5.69 Å². The monoisotopic (exact) mass is 322 g/mol. The summed E-state index contributed by atoms with van der Waals surface area (Å²) in [5, 5.41) is 5.16. The third-order valence-electron chi connectivity index (χ3n) is 3.49. The van der Waals surface area contributed by atoms with E-state index in [1.807, 2.05) is 14.0 Å². The Morgan fingerprint density at radius 3 is 2.42 bits per heavy atom. The zero-order valence-electron chi connectivity index (χ0n) is 12.0. The summed E-state index contributed by atoms with van der Waals surface area (Å²) in [6, 6.07) is 4.21. The fourth-order valence-electron chi connectivity index (χ4n) is 2.14. The maximum atomic E-state index is 6.16. The van der Waals surface area contributed by atoms with Crippen molar-refractivity contribution in [1.29, 1.82) is 0 Å². The highest BCUT2D eigenvalue weighted by atomic mass is 79.9. The summed E-state index contributed by atoms with van der Waals surface area (Å²) >= 11 is 3.50. The van der Waals surface area contributed by atoms with Crippen LogP contribution in [0.2, 0.25) is 0 Å². The molecule has 1 aromatic heterocycles. The Kier molecular flexibility index (Phi) is 3.99. The molecule has 0 atom stereocenters. The predicted octanol–water partition coefficient (Wildman–Crippen LogP) is 4.34. The fourth-order valence-corrected chi connectivity index (χ4v) is 2.79. The molecule has 4 heteroatoms. The molecule has 2 rings (SSSR count). The molecule has 0 aliphatic carbocycles. The lowest BCUT2D eigenvalue weighted by molar-refractivity contribution is 0.421. The van der Waals surface area contributed by atoms with Crippen molar-refractivity contribution in [2.75, 3.05) is 0 Å². The lowest BCUT2D eigenvalue weighted by Crippen LogP contribution is -2.00. The molecule has 0 aliphatic rings. The van der Waals surface area contributed by atoms with Gasteiger partial charge in [0.15, 0.2) is 0 Å². The summed E-state index contributed by atoms with van der Waals surface area (Å²) in [5.74, 6) is 1.75. The van der Waals surface area contributed by atoms with Gasteiger partial charge in [-0.25, -0.2) is 4.68 Å². The van der Waals surface area contributed by atoms with E-state index in [1.54, 1.807) is 4.68 Å². The van der Waals surface area contributed by atoms with Crippen molar-refractivity contribution < 1.29 is 4.74 Å². The van der Waals surface area contributed by atoms with Crippen molar-refractivity contribution in [1.82, 2.24) is 9.78 Å². The van der Waals surface area contributed by atoms with Gasteiger partial charge in [-0.2, -0.15) is 5.10 Å². The van der Waals surface area contributed by atoms with Crippen molar-refractivity contribution in [3.8, 4) is 11.6 Å². The number of hydrogen-bond donors (Lipinski definition) is 0. The number of ether oxygens (including phenoxy) is 1. The standard InChI is InChI=1S/C15H19BrN2O/c1-9-6-7-10(2)14(11(9)3)19-15-13(8-16)12(4)17-18(15)5/h6-7H,8H2,1-5H3. The van der Waals surface area contributed by atoms with Crippen LogP contribution in [0.1, 0.15) is 27.9 Å². The first-order valence-corrected chi connectivity index (χ1v) is 7.41. The molecule has 0 radical (unpaired) electrons. The van der Waals surface area contributed by atoms with E-state index in [0.717, 1.165) is 33.8 Å². The van der Waals surface area contributed by atoms with Crippen LogP contribution in [0, 0.1) is 27.7 Å². The highest BCUT2D eigenvalue weighted by Crippen LogP contribution is 2.33. The van der Waals surface area contributed by atoms with Crippen LogP contribution in [-0.2, 0) is 12.4 Å². The predicted molar refractivity (Wildman–Crippen MR) is 81.3 cm³/mol. The zero-order valence-corrected chi connectivity index (χ0v) is 13.6. The first kappa shape index (κ1) is 14.1. The van der Waals surface area contributed by atoms with Crippen LogP contribution in [0.15, 0.2) is 12.1 Å². The molecule has 0 bridgehead atoms. The maximum Gasteiger partial charge on any atom is 0.221 e. The Morgan fingerprint density at radius 1 is 1.16 bits per heavy atom. The molecular weight excluding hydrogens is 304 g/mol. The summed E-state index contributed by atoms with van der Waals surface area (Å²) in [4.78, 5) is 0. The first-order chi connectivity index (χ1) is 8.95. The SMILES string of the molecule is Cc1ccc(C)c(Oc2c(CBr)c(C)nn2C)c1C. The lowest BCUT2D eigenvalue weighted by Gasteiger charge is -2.14. The molecule has 0 amide bonds. The van der Waals surface area contributed by atoms with Gasteiger partial charge in [0, 0.05) is 17.9 Å². The van der Waals surface area contributed by atoms with Crippen LogP contribution in [0.3, 0.4) is 0 Å². The quantitative estimate of drug-likeness (QED) is 0.786. The Hall–Kier alpha value is -1.29. The van der Waals surface area contributed by atoms with Crippen LogP contribution >= 0.6 is 15.9 Å². The average Bonchev–Trinajstić information content (AvgIpc) is 2.64. The highest BCUT2D eigenvalue weighted by Gasteiger charge is 2.16. The average molecular weight is 323 g/mol. The van der Waals surface area contributed by atoms with Gasteiger partial charge in [0.25, 0.3) is 0 Å². The first-order valence-electron chi connectivity index (χ1n) is 6.28. The van der Waals surface area contributed by atoms with Crippen LogP contribution in [0.4, 0.5) is 0 Å². The number of rotatable bonds is 3. The van der Waals surface area contributed by atoms with Gasteiger partial charge in [-0.1, -0.05) is 28.1 Å². The molecule has 1 aromatic carbocycles. The fraction of sp³-hybridized carbons (Fsp3) is 0.400. The Bertz CT molecular complexity index is 617. The minimum absolute atomic E-state index is 0.742. The molecule has 0 saturated carbocycles. The summed E-state index contributed by atoms with van der Waals surface area (Å²) in [7, 11) is 1.91. The largest absolute Gasteiger partial charge is 0.438 e. The molecule has 102 valence electrons. The molecule has 0 aliphatic heterocycles. The number of nitrogens with zero attached hydrogens (tertiary/aromatic N) is 2. The van der Waals surface area contributed by atoms with Gasteiger partial charge in [0.2, 0.25) is 5.88 Å². The van der Waals surface area contributed by atoms with Gasteiger partial charge < -0.3 is 4.74 Å². The molecule has 19 heavy (non-hydrogen) atoms. The number of benzene rings is 1. The Morgan fingerprint density at radius 2 is 1.79 bits per heavy atom. The van der Waals surface area contributed by atoms with E-state index in [-0.39, 0.29) is 0 Å². The summed E-state index contributed by atoms with van der Waals surface area (Å²) in [6.07, 6.45) is 0. The smallest absolute Gasteiger partial charge is 0.221 e. The third kappa shape index (κ3) is 2.54. The van der Waals surface area contributed by atoms with E-state index < -0.39 is 0 Å². The van der Waals surface area contributed by atoms with Crippen LogP contribution in [0.25, 0.3) is 0 Å². The van der Waals surface area contributed by atoms with Crippen molar-refractivity contribution in [3.63, 3.8) is 0 Å². The summed E-state index contributed by atoms with van der Waals surface area (Å²) < 4.78 is 7.96. The van der Waals surface area contributed by atoms with Crippen molar-refractivity contribution in [2.24, 2.45) is 7.05 Å². The van der Waals surface area contributed by atoms with Crippen LogP contribution in [0.5, 0.6) is 11.6 Å². The minimum Gasteiger partial charge on any atom is -0.438 e. The number of halogens is 1. The van der Waals surface area contributed by atoms with Gasteiger partial charge in [-0.05, 0) is 44.4 Å². The van der Waals surface area contributed by atoms with Crippen LogP contribution in [-0.4, -0.2) is 9.78 Å². The minimum atomic E-state index is 0.742. The number of alkyl halides is 1. The molecule has 3 nitrogen and oxygen atoms in total. The number of aromatic nitrogens is 2. The molecule has 0 fully saturated rings. The lowest BCUT2D eigenvalue weighted by atomic mass is 10.1. The van der Waals surface area contributed by atoms with E-state index in [2.05, 4.69) is 53.9 Å². The maximum absolute atomic E-state index is 6.16. The summed E-state index contributed by atoms with van der Waals surface area (Å²) in [6.45, 7) is 8.26. The second-order valence-electron chi connectivity index (χ2n) is 4.88. The van der Waals surface area contributed by atoms with Crippen molar-refractivity contribution in [2.45, 2.75) is 33.0 Å². The molecule has 2 aromatic rings. The molecule has 0 saturated heterocycles. The second-order valence-corrected chi connectivity index (χ2v) is 5.44. The zero-order chi connectivity index (χ0) is 14.2. The molecule has 0 unspecified atom stereocenters. The van der Waals surface area contributed by atoms with Gasteiger partial charge in [-0.15, -0.1) is 0 Å². The molecule has 0 spiro atoms. The molecule has 1 heterocycles. The summed E-state index contributed by atoms with van der Waals surface area (Å²) in [5.41, 5.74) is 5.65. The van der Waals surface area contributed by atoms with Crippen molar-refractivity contribution >= 4 is 15.9 Å². The van der Waals surface area contributed by atoms with E-state index >= 15 is 0 Å². The van der Waals surface area contributed by atoms with E-state index in [1.165, 1.54) is 11.1 Å². The van der Waals surface area contributed by atoms with Crippen molar-refractivity contribution in [3.05, 3.63) is 40.1 Å². The number of hydrogen-bond acceptors (Lipinski definition) is 2. The van der Waals surface area contributed by atoms with E-state index in [0.29, 0.717) is 0 Å². The van der Waals surface area contributed by atoms with Gasteiger partial charge in [-0.3, -0.25) is 0 Å². The highest BCUT2D eigenvalue weighted by molar-refractivity contribution is 9.08. The molecular formula is C15H19BrN2O. The van der Waals surface area contributed by atoms with E-state index in [9.17, 15) is 0 Å². The van der Waals surface area contributed by atoms with E-state index in [4.69, 9.17) is 4.74 Å². The Labute approximate surface area is 122 Å². The second kappa shape index (κ2) is 5.37. The van der Waals surface area contributed by atoms with Crippen LogP contribution < -0.4 is 4.74 Å². The van der Waals surface area contributed by atoms with Gasteiger partial charge in [0.1, 0.15) is 5.75 Å². The Balaban J connectivity index is 2.50. The normalized spacial score (nSPS) is 10.8. The third-order valence-corrected chi connectivity index (χ3v) is 4.06. The molecule has 0 N–H and O–H groups in total. The topological polar surface area (TPSA) is 27.1 Å². The number of aryl methyl sites for hydroxylation is 4. The van der Waals surface area contributed by atoms with Gasteiger partial charge >= 0.3 is 0 Å².